The van der Waals surface area contributed by atoms with Crippen molar-refractivity contribution >= 4 is 34.0 Å². The fourth-order valence-corrected chi connectivity index (χ4v) is 1.77. The van der Waals surface area contributed by atoms with Crippen molar-refractivity contribution in [1.29, 1.82) is 0 Å². The quantitative estimate of drug-likeness (QED) is 0.611. The first kappa shape index (κ1) is 10.8. The summed E-state index contributed by atoms with van der Waals surface area (Å²) in [6.45, 7) is 0. The molecular weight excluding hydrogens is 226 g/mol. The Balaban J connectivity index is 2.68. The van der Waals surface area contributed by atoms with E-state index in [1.54, 1.807) is 24.3 Å². The number of carbonyl (C=O) groups is 1. The summed E-state index contributed by atoms with van der Waals surface area (Å²) in [4.78, 5) is 11.4. The Hall–Kier alpha value is -1.74. The van der Waals surface area contributed by atoms with Gasteiger partial charge in [0.2, 0.25) is 0 Å². The zero-order valence-corrected chi connectivity index (χ0v) is 9.41. The van der Waals surface area contributed by atoms with Crippen LogP contribution in [0.3, 0.4) is 0 Å². The smallest absolute Gasteiger partial charge is 0.337 e. The predicted octanol–water partition coefficient (Wildman–Crippen LogP) is 2.86. The Kier molecular flexibility index (Phi) is 2.71. The number of nitrogen functional groups attached to an aromatic ring is 1. The molecule has 0 aliphatic heterocycles. The van der Waals surface area contributed by atoms with Crippen molar-refractivity contribution in [2.75, 3.05) is 12.8 Å². The van der Waals surface area contributed by atoms with Crippen LogP contribution in [-0.2, 0) is 4.74 Å². The third kappa shape index (κ3) is 1.82. The molecule has 0 spiro atoms. The first-order valence-electron chi connectivity index (χ1n) is 4.69. The number of ether oxygens (including phenoxy) is 1. The van der Waals surface area contributed by atoms with Crippen molar-refractivity contribution in [1.82, 2.24) is 0 Å². The minimum absolute atomic E-state index is 0.399. The third-order valence-electron chi connectivity index (χ3n) is 2.37. The number of rotatable bonds is 1. The van der Waals surface area contributed by atoms with Gasteiger partial charge in [-0.3, -0.25) is 0 Å². The largest absolute Gasteiger partial charge is 0.465 e. The molecule has 16 heavy (non-hydrogen) atoms. The van der Waals surface area contributed by atoms with Gasteiger partial charge < -0.3 is 10.5 Å². The highest BCUT2D eigenvalue weighted by atomic mass is 35.5. The van der Waals surface area contributed by atoms with E-state index < -0.39 is 5.97 Å². The van der Waals surface area contributed by atoms with E-state index in [1.807, 2.05) is 6.07 Å². The molecule has 0 aliphatic rings. The number of fused-ring (bicyclic) bond motifs is 1. The van der Waals surface area contributed by atoms with Gasteiger partial charge in [-0.2, -0.15) is 0 Å². The molecule has 2 N–H and O–H groups in total. The van der Waals surface area contributed by atoms with E-state index in [1.165, 1.54) is 7.11 Å². The first-order chi connectivity index (χ1) is 7.61. The van der Waals surface area contributed by atoms with Crippen molar-refractivity contribution in [3.63, 3.8) is 0 Å². The first-order valence-corrected chi connectivity index (χ1v) is 5.06. The maximum atomic E-state index is 11.4. The molecule has 0 bridgehead atoms. The van der Waals surface area contributed by atoms with Crippen LogP contribution >= 0.6 is 11.6 Å². The van der Waals surface area contributed by atoms with Gasteiger partial charge in [0, 0.05) is 16.1 Å². The molecule has 0 aliphatic carbocycles. The van der Waals surface area contributed by atoms with Crippen LogP contribution in [0.15, 0.2) is 30.3 Å². The Bertz CT molecular complexity index is 566. The third-order valence-corrected chi connectivity index (χ3v) is 2.60. The summed E-state index contributed by atoms with van der Waals surface area (Å²) in [6, 6.07) is 8.66. The number of hydrogen-bond acceptors (Lipinski definition) is 3. The zero-order chi connectivity index (χ0) is 11.7. The minimum atomic E-state index is -0.399. The SMILES string of the molecule is COC(=O)c1cc(N)c2cc(Cl)ccc2c1. The zero-order valence-electron chi connectivity index (χ0n) is 8.66. The molecule has 2 rings (SSSR count). The fraction of sp³-hybridized carbons (Fsp3) is 0.0833. The molecule has 0 atom stereocenters. The van der Waals surface area contributed by atoms with Crippen molar-refractivity contribution in [3.8, 4) is 0 Å². The number of halogens is 1. The fourth-order valence-electron chi connectivity index (χ4n) is 1.59. The van der Waals surface area contributed by atoms with E-state index in [-0.39, 0.29) is 0 Å². The average Bonchev–Trinajstić information content (AvgIpc) is 2.28. The Labute approximate surface area is 97.8 Å². The molecule has 0 unspecified atom stereocenters. The lowest BCUT2D eigenvalue weighted by Gasteiger charge is -2.06. The van der Waals surface area contributed by atoms with Crippen LogP contribution in [0.25, 0.3) is 10.8 Å². The van der Waals surface area contributed by atoms with Gasteiger partial charge in [0.05, 0.1) is 12.7 Å². The Morgan fingerprint density at radius 1 is 1.31 bits per heavy atom. The molecule has 2 aromatic rings. The normalized spacial score (nSPS) is 10.4. The highest BCUT2D eigenvalue weighted by molar-refractivity contribution is 6.31. The van der Waals surface area contributed by atoms with E-state index >= 15 is 0 Å². The Morgan fingerprint density at radius 2 is 2.06 bits per heavy atom. The maximum absolute atomic E-state index is 11.4. The maximum Gasteiger partial charge on any atom is 0.337 e. The van der Waals surface area contributed by atoms with E-state index in [0.29, 0.717) is 16.3 Å². The van der Waals surface area contributed by atoms with Crippen LogP contribution in [0.2, 0.25) is 5.02 Å². The molecular formula is C12H10ClNO2. The second kappa shape index (κ2) is 4.02. The Morgan fingerprint density at radius 3 is 2.75 bits per heavy atom. The molecule has 82 valence electrons. The van der Waals surface area contributed by atoms with E-state index in [4.69, 9.17) is 17.3 Å². The summed E-state index contributed by atoms with van der Waals surface area (Å²) in [5.74, 6) is -0.399. The summed E-state index contributed by atoms with van der Waals surface area (Å²) in [7, 11) is 1.34. The molecule has 0 aromatic heterocycles. The molecule has 2 aromatic carbocycles. The second-order valence-electron chi connectivity index (χ2n) is 3.42. The molecule has 0 radical (unpaired) electrons. The van der Waals surface area contributed by atoms with Crippen molar-refractivity contribution < 1.29 is 9.53 Å². The van der Waals surface area contributed by atoms with Crippen LogP contribution < -0.4 is 5.73 Å². The highest BCUT2D eigenvalue weighted by Crippen LogP contribution is 2.26. The summed E-state index contributed by atoms with van der Waals surface area (Å²) in [6.07, 6.45) is 0. The lowest BCUT2D eigenvalue weighted by atomic mass is 10.1. The van der Waals surface area contributed by atoms with Crippen LogP contribution in [0.4, 0.5) is 5.69 Å². The lowest BCUT2D eigenvalue weighted by Crippen LogP contribution is -2.02. The molecule has 4 heteroatoms. The monoisotopic (exact) mass is 235 g/mol. The molecule has 0 fully saturated rings. The molecule has 0 heterocycles. The van der Waals surface area contributed by atoms with Crippen molar-refractivity contribution in [2.45, 2.75) is 0 Å². The summed E-state index contributed by atoms with van der Waals surface area (Å²) >= 11 is 5.87. The van der Waals surface area contributed by atoms with Gasteiger partial charge in [-0.05, 0) is 29.7 Å². The summed E-state index contributed by atoms with van der Waals surface area (Å²) in [5, 5.41) is 2.31. The number of nitrogens with two attached hydrogens (primary N) is 1. The molecule has 0 amide bonds. The number of carbonyl (C=O) groups excluding carboxylic acids is 1. The topological polar surface area (TPSA) is 52.3 Å². The van der Waals surface area contributed by atoms with Crippen molar-refractivity contribution in [2.24, 2.45) is 0 Å². The summed E-state index contributed by atoms with van der Waals surface area (Å²) < 4.78 is 4.64. The molecule has 0 saturated heterocycles. The average molecular weight is 236 g/mol. The van der Waals surface area contributed by atoms with Gasteiger partial charge in [-0.1, -0.05) is 17.7 Å². The van der Waals surface area contributed by atoms with Crippen LogP contribution in [0, 0.1) is 0 Å². The van der Waals surface area contributed by atoms with Gasteiger partial charge >= 0.3 is 5.97 Å². The van der Waals surface area contributed by atoms with Crippen LogP contribution in [-0.4, -0.2) is 13.1 Å². The number of methoxy groups -OCH3 is 1. The summed E-state index contributed by atoms with van der Waals surface area (Å²) in [5.41, 5.74) is 6.81. The van der Waals surface area contributed by atoms with Gasteiger partial charge in [-0.25, -0.2) is 4.79 Å². The number of anilines is 1. The van der Waals surface area contributed by atoms with E-state index in [2.05, 4.69) is 4.74 Å². The lowest BCUT2D eigenvalue weighted by molar-refractivity contribution is 0.0601. The molecule has 3 nitrogen and oxygen atoms in total. The highest BCUT2D eigenvalue weighted by Gasteiger charge is 2.09. The van der Waals surface area contributed by atoms with Gasteiger partial charge in [0.25, 0.3) is 0 Å². The molecule has 0 saturated carbocycles. The van der Waals surface area contributed by atoms with Gasteiger partial charge in [-0.15, -0.1) is 0 Å². The minimum Gasteiger partial charge on any atom is -0.465 e. The van der Waals surface area contributed by atoms with E-state index in [9.17, 15) is 4.79 Å². The van der Waals surface area contributed by atoms with Gasteiger partial charge in [0.15, 0.2) is 0 Å². The number of benzene rings is 2. The van der Waals surface area contributed by atoms with Crippen LogP contribution in [0.5, 0.6) is 0 Å². The number of hydrogen-bond donors (Lipinski definition) is 1. The van der Waals surface area contributed by atoms with E-state index in [0.717, 1.165) is 10.8 Å². The standard InChI is InChI=1S/C12H10ClNO2/c1-16-12(15)8-4-7-2-3-9(13)6-10(7)11(14)5-8/h2-6H,14H2,1H3. The predicted molar refractivity (Wildman–Crippen MR) is 64.7 cm³/mol. The second-order valence-corrected chi connectivity index (χ2v) is 3.86. The number of esters is 1. The van der Waals surface area contributed by atoms with Crippen molar-refractivity contribution in [3.05, 3.63) is 40.9 Å². The van der Waals surface area contributed by atoms with Crippen LogP contribution in [0.1, 0.15) is 10.4 Å². The van der Waals surface area contributed by atoms with Gasteiger partial charge in [0.1, 0.15) is 0 Å².